The summed E-state index contributed by atoms with van der Waals surface area (Å²) in [6.07, 6.45) is 3.29. The molecule has 5 nitrogen and oxygen atoms in total. The number of rotatable bonds is 9. The molecule has 2 rings (SSSR count). The second kappa shape index (κ2) is 10.4. The Kier molecular flexibility index (Phi) is 7.93. The number of nitrogens with one attached hydrogen (secondary N) is 1. The third-order valence-electron chi connectivity index (χ3n) is 4.08. The highest BCUT2D eigenvalue weighted by atomic mass is 16.5. The molecule has 0 radical (unpaired) electrons. The van der Waals surface area contributed by atoms with Crippen LogP contribution >= 0.6 is 0 Å². The number of amides is 1. The Morgan fingerprint density at radius 1 is 1.14 bits per heavy atom. The third-order valence-corrected chi connectivity index (χ3v) is 4.08. The fraction of sp³-hybridized carbons (Fsp3) is 0.348. The molecule has 0 heterocycles. The zero-order valence-corrected chi connectivity index (χ0v) is 17.4. The van der Waals surface area contributed by atoms with Crippen LogP contribution in [0, 0.1) is 5.92 Å². The van der Waals surface area contributed by atoms with Gasteiger partial charge in [0.1, 0.15) is 0 Å². The molecule has 150 valence electrons. The lowest BCUT2D eigenvalue weighted by atomic mass is 10.1. The van der Waals surface area contributed by atoms with Crippen LogP contribution in [-0.4, -0.2) is 33.7 Å². The molecule has 1 amide bonds. The summed E-state index contributed by atoms with van der Waals surface area (Å²) >= 11 is 0. The lowest BCUT2D eigenvalue weighted by Gasteiger charge is -2.13. The summed E-state index contributed by atoms with van der Waals surface area (Å²) in [5, 5.41) is 2.91. The minimum atomic E-state index is -0.144. The van der Waals surface area contributed by atoms with E-state index in [4.69, 9.17) is 9.47 Å². The van der Waals surface area contributed by atoms with Crippen LogP contribution in [0.5, 0.6) is 11.5 Å². The van der Waals surface area contributed by atoms with E-state index >= 15 is 0 Å². The molecular weight excluding hydrogens is 352 g/mol. The summed E-state index contributed by atoms with van der Waals surface area (Å²) in [6.45, 7) is 5.30. The molecule has 1 N–H and O–H groups in total. The van der Waals surface area contributed by atoms with E-state index in [1.807, 2.05) is 55.4 Å². The summed E-state index contributed by atoms with van der Waals surface area (Å²) in [5.41, 5.74) is 3.04. The zero-order valence-electron chi connectivity index (χ0n) is 17.4. The van der Waals surface area contributed by atoms with Crippen molar-refractivity contribution in [1.82, 2.24) is 5.32 Å². The van der Waals surface area contributed by atoms with Crippen molar-refractivity contribution in [2.45, 2.75) is 20.4 Å². The summed E-state index contributed by atoms with van der Waals surface area (Å²) in [6, 6.07) is 13.7. The van der Waals surface area contributed by atoms with E-state index in [0.717, 1.165) is 16.8 Å². The van der Waals surface area contributed by atoms with Crippen LogP contribution in [0.3, 0.4) is 0 Å². The molecule has 0 fully saturated rings. The van der Waals surface area contributed by atoms with Gasteiger partial charge in [0.15, 0.2) is 11.5 Å². The van der Waals surface area contributed by atoms with Crippen LogP contribution in [0.4, 0.5) is 5.69 Å². The van der Waals surface area contributed by atoms with Gasteiger partial charge in [-0.3, -0.25) is 4.79 Å². The van der Waals surface area contributed by atoms with Gasteiger partial charge in [-0.2, -0.15) is 0 Å². The number of benzene rings is 2. The van der Waals surface area contributed by atoms with Crippen molar-refractivity contribution in [2.24, 2.45) is 5.92 Å². The molecule has 0 saturated carbocycles. The second-order valence-corrected chi connectivity index (χ2v) is 7.23. The van der Waals surface area contributed by atoms with E-state index in [1.165, 1.54) is 6.08 Å². The molecule has 0 atom stereocenters. The zero-order chi connectivity index (χ0) is 20.5. The first-order valence-corrected chi connectivity index (χ1v) is 9.42. The third kappa shape index (κ3) is 6.65. The highest BCUT2D eigenvalue weighted by molar-refractivity contribution is 5.91. The molecule has 2 aromatic carbocycles. The van der Waals surface area contributed by atoms with Crippen molar-refractivity contribution in [3.05, 3.63) is 59.7 Å². The van der Waals surface area contributed by atoms with Gasteiger partial charge in [0.05, 0.1) is 13.7 Å². The quantitative estimate of drug-likeness (QED) is 0.663. The Morgan fingerprint density at radius 2 is 1.93 bits per heavy atom. The van der Waals surface area contributed by atoms with E-state index in [0.29, 0.717) is 30.6 Å². The fourth-order valence-corrected chi connectivity index (χ4v) is 2.53. The Labute approximate surface area is 168 Å². The number of carbonyl (C=O) groups excluding carboxylic acids is 1. The average Bonchev–Trinajstić information content (AvgIpc) is 2.69. The average molecular weight is 383 g/mol. The molecule has 0 saturated heterocycles. The molecule has 0 unspecified atom stereocenters. The van der Waals surface area contributed by atoms with Gasteiger partial charge in [-0.25, -0.2) is 0 Å². The Bertz CT molecular complexity index is 813. The lowest BCUT2D eigenvalue weighted by molar-refractivity contribution is -0.116. The molecule has 28 heavy (non-hydrogen) atoms. The molecule has 5 heteroatoms. The normalized spacial score (nSPS) is 10.9. The largest absolute Gasteiger partial charge is 0.493 e. The van der Waals surface area contributed by atoms with Gasteiger partial charge in [0, 0.05) is 32.4 Å². The van der Waals surface area contributed by atoms with Crippen molar-refractivity contribution < 1.29 is 14.3 Å². The predicted octanol–water partition coefficient (Wildman–Crippen LogP) is 4.13. The van der Waals surface area contributed by atoms with E-state index in [2.05, 4.69) is 25.2 Å². The van der Waals surface area contributed by atoms with Gasteiger partial charge in [0.2, 0.25) is 5.91 Å². The van der Waals surface area contributed by atoms with Crippen LogP contribution in [0.15, 0.2) is 48.5 Å². The topological polar surface area (TPSA) is 50.8 Å². The van der Waals surface area contributed by atoms with E-state index in [9.17, 15) is 4.79 Å². The highest BCUT2D eigenvalue weighted by Crippen LogP contribution is 2.29. The Hall–Kier alpha value is -2.95. The predicted molar refractivity (Wildman–Crippen MR) is 115 cm³/mol. The summed E-state index contributed by atoms with van der Waals surface area (Å²) in [7, 11) is 5.60. The van der Waals surface area contributed by atoms with Crippen LogP contribution in [0.2, 0.25) is 0 Å². The summed E-state index contributed by atoms with van der Waals surface area (Å²) < 4.78 is 11.1. The Morgan fingerprint density at radius 3 is 2.61 bits per heavy atom. The number of hydrogen-bond acceptors (Lipinski definition) is 4. The molecule has 2 aromatic rings. The number of ether oxygens (including phenoxy) is 2. The van der Waals surface area contributed by atoms with Gasteiger partial charge < -0.3 is 19.7 Å². The fourth-order valence-electron chi connectivity index (χ4n) is 2.53. The first-order valence-electron chi connectivity index (χ1n) is 9.42. The Balaban J connectivity index is 1.95. The molecule has 0 aromatic heterocycles. The van der Waals surface area contributed by atoms with Gasteiger partial charge in [-0.15, -0.1) is 0 Å². The van der Waals surface area contributed by atoms with Crippen molar-refractivity contribution in [1.29, 1.82) is 0 Å². The molecule has 0 aliphatic rings. The van der Waals surface area contributed by atoms with Crippen LogP contribution < -0.4 is 19.7 Å². The molecular formula is C23H30N2O3. The first kappa shape index (κ1) is 21.4. The smallest absolute Gasteiger partial charge is 0.244 e. The molecule has 0 aliphatic carbocycles. The van der Waals surface area contributed by atoms with Gasteiger partial charge in [-0.05, 0) is 47.4 Å². The van der Waals surface area contributed by atoms with Gasteiger partial charge in [0.25, 0.3) is 0 Å². The minimum absolute atomic E-state index is 0.144. The van der Waals surface area contributed by atoms with E-state index < -0.39 is 0 Å². The number of hydrogen-bond donors (Lipinski definition) is 1. The molecule has 0 spiro atoms. The minimum Gasteiger partial charge on any atom is -0.493 e. The van der Waals surface area contributed by atoms with E-state index in [1.54, 1.807) is 13.2 Å². The second-order valence-electron chi connectivity index (χ2n) is 7.23. The SMILES string of the molecule is COc1cc(/C=C/C(=O)NCc2cccc(N(C)C)c2)ccc1OCC(C)C. The summed E-state index contributed by atoms with van der Waals surface area (Å²) in [5.74, 6) is 1.66. The monoisotopic (exact) mass is 382 g/mol. The molecule has 0 aliphatic heterocycles. The van der Waals surface area contributed by atoms with Gasteiger partial charge in [-0.1, -0.05) is 32.0 Å². The van der Waals surface area contributed by atoms with Crippen molar-refractivity contribution in [3.63, 3.8) is 0 Å². The lowest BCUT2D eigenvalue weighted by Crippen LogP contribution is -2.20. The first-order chi connectivity index (χ1) is 13.4. The maximum atomic E-state index is 12.1. The number of methoxy groups -OCH3 is 1. The highest BCUT2D eigenvalue weighted by Gasteiger charge is 2.06. The maximum absolute atomic E-state index is 12.1. The van der Waals surface area contributed by atoms with Crippen molar-refractivity contribution >= 4 is 17.7 Å². The van der Waals surface area contributed by atoms with Crippen molar-refractivity contribution in [2.75, 3.05) is 32.7 Å². The van der Waals surface area contributed by atoms with E-state index in [-0.39, 0.29) is 5.91 Å². The van der Waals surface area contributed by atoms with Crippen molar-refractivity contribution in [3.8, 4) is 11.5 Å². The standard InChI is InChI=1S/C23H30N2O3/c1-17(2)16-28-21-11-9-18(14-22(21)27-5)10-12-23(26)24-15-19-7-6-8-20(13-19)25(3)4/h6-14,17H,15-16H2,1-5H3,(H,24,26)/b12-10+. The number of nitrogens with zero attached hydrogens (tertiary/aromatic N) is 1. The number of anilines is 1. The van der Waals surface area contributed by atoms with Crippen LogP contribution in [-0.2, 0) is 11.3 Å². The summed E-state index contributed by atoms with van der Waals surface area (Å²) in [4.78, 5) is 14.2. The number of carbonyl (C=O) groups is 1. The van der Waals surface area contributed by atoms with Gasteiger partial charge >= 0.3 is 0 Å². The molecule has 0 bridgehead atoms. The maximum Gasteiger partial charge on any atom is 0.244 e. The van der Waals surface area contributed by atoms with Crippen LogP contribution in [0.1, 0.15) is 25.0 Å². The van der Waals surface area contributed by atoms with Crippen LogP contribution in [0.25, 0.3) is 6.08 Å².